The summed E-state index contributed by atoms with van der Waals surface area (Å²) in [5.41, 5.74) is 4.91. The molecule has 0 heterocycles. The minimum Gasteiger partial charge on any atom is -0.399 e. The minimum atomic E-state index is -0.180. The first-order valence-electron chi connectivity index (χ1n) is 7.82. The number of oxime groups is 1. The predicted octanol–water partition coefficient (Wildman–Crippen LogP) is 4.81. The van der Waals surface area contributed by atoms with Gasteiger partial charge in [-0.25, -0.2) is 4.39 Å². The number of hydrogen-bond acceptors (Lipinski definition) is 2. The van der Waals surface area contributed by atoms with E-state index in [9.17, 15) is 4.39 Å². The topological polar surface area (TPSA) is 21.6 Å². The van der Waals surface area contributed by atoms with E-state index in [1.807, 2.05) is 12.1 Å². The lowest BCUT2D eigenvalue weighted by Gasteiger charge is -2.27. The quantitative estimate of drug-likeness (QED) is 0.575. The largest absolute Gasteiger partial charge is 0.399 e. The summed E-state index contributed by atoms with van der Waals surface area (Å²) < 4.78 is 13.2. The second kappa shape index (κ2) is 6.00. The zero-order valence-electron chi connectivity index (χ0n) is 12.7. The Morgan fingerprint density at radius 1 is 1.29 bits per heavy atom. The molecule has 0 aromatic heterocycles. The number of rotatable bonds is 4. The summed E-state index contributed by atoms with van der Waals surface area (Å²) in [6.07, 6.45) is 5.76. The molecule has 1 aromatic carbocycles. The molecule has 1 fully saturated rings. The van der Waals surface area contributed by atoms with E-state index < -0.39 is 0 Å². The predicted molar refractivity (Wildman–Crippen MR) is 83.5 cm³/mol. The summed E-state index contributed by atoms with van der Waals surface area (Å²) in [5.74, 6) is 1.19. The molecule has 0 spiro atoms. The van der Waals surface area contributed by atoms with Crippen LogP contribution in [-0.2, 0) is 4.84 Å². The number of fused-ring (bicyclic) bond motifs is 2. The number of halogens is 1. The Labute approximate surface area is 125 Å². The molecule has 0 N–H and O–H groups in total. The first-order valence-corrected chi connectivity index (χ1v) is 7.82. The van der Waals surface area contributed by atoms with Crippen molar-refractivity contribution in [3.8, 4) is 0 Å². The lowest BCUT2D eigenvalue weighted by atomic mass is 9.78. The van der Waals surface area contributed by atoms with E-state index in [0.29, 0.717) is 5.92 Å². The normalized spacial score (nSPS) is 25.4. The molecule has 0 amide bonds. The highest BCUT2D eigenvalue weighted by Crippen LogP contribution is 2.49. The van der Waals surface area contributed by atoms with Crippen molar-refractivity contribution in [3.05, 3.63) is 41.2 Å². The van der Waals surface area contributed by atoms with Gasteiger partial charge in [-0.2, -0.15) is 0 Å². The molecule has 0 saturated heterocycles. The smallest absolute Gasteiger partial charge is 0.123 e. The van der Waals surface area contributed by atoms with Crippen LogP contribution in [0.2, 0.25) is 0 Å². The average molecular weight is 287 g/mol. The van der Waals surface area contributed by atoms with Gasteiger partial charge < -0.3 is 4.84 Å². The molecule has 1 unspecified atom stereocenters. The standard InChI is InChI=1S/C18H22FNO/c1-3-17(20-21-2)18-14-5-4-12(10-14)11-16(18)13-6-8-15(19)9-7-13/h6-9,12,14H,3-5,10-11H2,1-2H3/t12?,14-/m1/s1. The van der Waals surface area contributed by atoms with Gasteiger partial charge >= 0.3 is 0 Å². The Hall–Kier alpha value is -1.64. The Kier molecular flexibility index (Phi) is 4.09. The van der Waals surface area contributed by atoms with E-state index >= 15 is 0 Å². The lowest BCUT2D eigenvalue weighted by molar-refractivity contribution is 0.212. The number of hydrogen-bond donors (Lipinski definition) is 0. The number of nitrogens with zero attached hydrogens (tertiary/aromatic N) is 1. The number of benzene rings is 1. The maximum atomic E-state index is 13.2. The number of allylic oxidation sites excluding steroid dienone is 2. The van der Waals surface area contributed by atoms with Gasteiger partial charge in [0.05, 0.1) is 5.71 Å². The van der Waals surface area contributed by atoms with E-state index in [1.54, 1.807) is 19.2 Å². The van der Waals surface area contributed by atoms with Gasteiger partial charge in [0.1, 0.15) is 12.9 Å². The molecule has 2 bridgehead atoms. The van der Waals surface area contributed by atoms with Crippen molar-refractivity contribution < 1.29 is 9.23 Å². The molecule has 2 aliphatic rings. The van der Waals surface area contributed by atoms with Crippen LogP contribution in [0.5, 0.6) is 0 Å². The van der Waals surface area contributed by atoms with Gasteiger partial charge in [-0.1, -0.05) is 24.2 Å². The Bertz CT molecular complexity index is 573. The van der Waals surface area contributed by atoms with Gasteiger partial charge in [-0.15, -0.1) is 0 Å². The van der Waals surface area contributed by atoms with Gasteiger partial charge in [-0.3, -0.25) is 0 Å². The highest BCUT2D eigenvalue weighted by atomic mass is 19.1. The van der Waals surface area contributed by atoms with Gasteiger partial charge in [0.2, 0.25) is 0 Å². The molecule has 3 rings (SSSR count). The van der Waals surface area contributed by atoms with Crippen molar-refractivity contribution in [1.29, 1.82) is 0 Å². The maximum absolute atomic E-state index is 13.2. The molecule has 2 atom stereocenters. The van der Waals surface area contributed by atoms with Crippen LogP contribution in [0.1, 0.15) is 44.6 Å². The van der Waals surface area contributed by atoms with Gasteiger partial charge in [0.15, 0.2) is 0 Å². The molecule has 2 nitrogen and oxygen atoms in total. The van der Waals surface area contributed by atoms with E-state index in [2.05, 4.69) is 12.1 Å². The Morgan fingerprint density at radius 3 is 2.71 bits per heavy atom. The molecular weight excluding hydrogens is 265 g/mol. The van der Waals surface area contributed by atoms with E-state index in [-0.39, 0.29) is 5.82 Å². The second-order valence-corrected chi connectivity index (χ2v) is 6.05. The third-order valence-corrected chi connectivity index (χ3v) is 4.81. The summed E-state index contributed by atoms with van der Waals surface area (Å²) in [7, 11) is 1.61. The van der Waals surface area contributed by atoms with Crippen LogP contribution in [0.3, 0.4) is 0 Å². The first-order chi connectivity index (χ1) is 10.2. The van der Waals surface area contributed by atoms with Crippen molar-refractivity contribution >= 4 is 11.3 Å². The van der Waals surface area contributed by atoms with Crippen LogP contribution in [0, 0.1) is 17.7 Å². The van der Waals surface area contributed by atoms with Crippen molar-refractivity contribution in [2.75, 3.05) is 7.11 Å². The van der Waals surface area contributed by atoms with Crippen LogP contribution < -0.4 is 0 Å². The van der Waals surface area contributed by atoms with Crippen molar-refractivity contribution in [2.45, 2.75) is 39.0 Å². The fourth-order valence-corrected chi connectivity index (χ4v) is 3.92. The molecule has 3 heteroatoms. The SMILES string of the molecule is CCC(=NOC)C1=C(c2ccc(F)cc2)CC2CC[C@@H]1C2. The highest BCUT2D eigenvalue weighted by molar-refractivity contribution is 6.06. The van der Waals surface area contributed by atoms with E-state index in [0.717, 1.165) is 30.0 Å². The molecule has 0 aliphatic heterocycles. The van der Waals surface area contributed by atoms with E-state index in [4.69, 9.17) is 4.84 Å². The maximum Gasteiger partial charge on any atom is 0.123 e. The van der Waals surface area contributed by atoms with Gasteiger partial charge in [0.25, 0.3) is 0 Å². The zero-order valence-corrected chi connectivity index (χ0v) is 12.7. The molecule has 1 aromatic rings. The Morgan fingerprint density at radius 2 is 2.05 bits per heavy atom. The van der Waals surface area contributed by atoms with Crippen molar-refractivity contribution in [1.82, 2.24) is 0 Å². The molecule has 1 saturated carbocycles. The van der Waals surface area contributed by atoms with Crippen LogP contribution in [-0.4, -0.2) is 12.8 Å². The minimum absolute atomic E-state index is 0.180. The summed E-state index contributed by atoms with van der Waals surface area (Å²) in [5, 5.41) is 4.26. The average Bonchev–Trinajstić information content (AvgIpc) is 2.88. The third kappa shape index (κ3) is 2.74. The fourth-order valence-electron chi connectivity index (χ4n) is 3.92. The first kappa shape index (κ1) is 14.3. The molecule has 2 aliphatic carbocycles. The molecular formula is C18H22FNO. The third-order valence-electron chi connectivity index (χ3n) is 4.81. The van der Waals surface area contributed by atoms with Crippen LogP contribution >= 0.6 is 0 Å². The van der Waals surface area contributed by atoms with Crippen LogP contribution in [0.4, 0.5) is 4.39 Å². The highest BCUT2D eigenvalue weighted by Gasteiger charge is 2.36. The summed E-state index contributed by atoms with van der Waals surface area (Å²) in [6, 6.07) is 6.90. The van der Waals surface area contributed by atoms with Crippen LogP contribution in [0.25, 0.3) is 5.57 Å². The fraction of sp³-hybridized carbons (Fsp3) is 0.500. The summed E-state index contributed by atoms with van der Waals surface area (Å²) in [6.45, 7) is 2.12. The van der Waals surface area contributed by atoms with Crippen molar-refractivity contribution in [2.24, 2.45) is 17.0 Å². The lowest BCUT2D eigenvalue weighted by Crippen LogP contribution is -2.18. The molecule has 112 valence electrons. The summed E-state index contributed by atoms with van der Waals surface area (Å²) in [4.78, 5) is 5.05. The monoisotopic (exact) mass is 287 g/mol. The van der Waals surface area contributed by atoms with E-state index in [1.165, 1.54) is 30.4 Å². The van der Waals surface area contributed by atoms with Crippen molar-refractivity contribution in [3.63, 3.8) is 0 Å². The van der Waals surface area contributed by atoms with Gasteiger partial charge in [-0.05, 0) is 72.8 Å². The second-order valence-electron chi connectivity index (χ2n) is 6.05. The summed E-state index contributed by atoms with van der Waals surface area (Å²) >= 11 is 0. The van der Waals surface area contributed by atoms with Gasteiger partial charge in [0, 0.05) is 0 Å². The molecule has 21 heavy (non-hydrogen) atoms. The van der Waals surface area contributed by atoms with Crippen LogP contribution in [0.15, 0.2) is 35.0 Å². The molecule has 0 radical (unpaired) electrons. The zero-order chi connectivity index (χ0) is 14.8. The Balaban J connectivity index is 2.09.